The lowest BCUT2D eigenvalue weighted by Crippen LogP contribution is -2.24. The van der Waals surface area contributed by atoms with Crippen LogP contribution in [0.5, 0.6) is 28.7 Å². The van der Waals surface area contributed by atoms with Gasteiger partial charge in [-0.15, -0.1) is 0 Å². The first kappa shape index (κ1) is 32.5. The summed E-state index contributed by atoms with van der Waals surface area (Å²) in [5.41, 5.74) is 3.96. The number of nitrogens with zero attached hydrogens (tertiary/aromatic N) is 1. The second kappa shape index (κ2) is 17.0. The van der Waals surface area contributed by atoms with Crippen molar-refractivity contribution in [3.8, 4) is 28.7 Å². The molecule has 0 fully saturated rings. The maximum atomic E-state index is 12.9. The van der Waals surface area contributed by atoms with Crippen molar-refractivity contribution in [2.45, 2.75) is 32.6 Å². The number of carbonyl (C=O) groups excluding carboxylic acids is 3. The van der Waals surface area contributed by atoms with Crippen LogP contribution in [0.2, 0.25) is 0 Å². The normalized spacial score (nSPS) is 10.6. The molecule has 0 radical (unpaired) electrons. The summed E-state index contributed by atoms with van der Waals surface area (Å²) < 4.78 is 27.2. The van der Waals surface area contributed by atoms with Gasteiger partial charge >= 0.3 is 5.97 Å². The van der Waals surface area contributed by atoms with Crippen LogP contribution in [0.25, 0.3) is 0 Å². The molecule has 0 unspecified atom stereocenters. The highest BCUT2D eigenvalue weighted by Gasteiger charge is 2.20. The summed E-state index contributed by atoms with van der Waals surface area (Å²) in [6.45, 7) is 2.69. The Bertz CT molecular complexity index is 1380. The summed E-state index contributed by atoms with van der Waals surface area (Å²) in [5.74, 6) is 0.568. The van der Waals surface area contributed by atoms with E-state index in [-0.39, 0.29) is 23.1 Å². The van der Waals surface area contributed by atoms with Gasteiger partial charge in [-0.1, -0.05) is 24.6 Å². The van der Waals surface area contributed by atoms with Crippen LogP contribution < -0.4 is 34.4 Å². The lowest BCUT2D eigenvalue weighted by Gasteiger charge is -2.15. The summed E-state index contributed by atoms with van der Waals surface area (Å²) in [4.78, 5) is 37.2. The first-order valence-electron chi connectivity index (χ1n) is 13.8. The van der Waals surface area contributed by atoms with E-state index in [9.17, 15) is 14.4 Å². The number of esters is 1. The molecule has 0 aliphatic heterocycles. The van der Waals surface area contributed by atoms with E-state index in [2.05, 4.69) is 15.8 Å². The predicted molar refractivity (Wildman–Crippen MR) is 162 cm³/mol. The van der Waals surface area contributed by atoms with Crippen molar-refractivity contribution >= 4 is 24.0 Å². The van der Waals surface area contributed by atoms with Crippen molar-refractivity contribution < 1.29 is 38.1 Å². The Morgan fingerprint density at radius 2 is 1.51 bits per heavy atom. The van der Waals surface area contributed by atoms with Gasteiger partial charge in [-0.25, -0.2) is 10.2 Å². The van der Waals surface area contributed by atoms with Gasteiger partial charge < -0.3 is 29.0 Å². The van der Waals surface area contributed by atoms with Crippen molar-refractivity contribution in [1.82, 2.24) is 10.7 Å². The van der Waals surface area contributed by atoms with Crippen LogP contribution in [0.1, 0.15) is 58.9 Å². The SMILES string of the molecule is CCOc1cc(/C=N/NC(=O)CCCCCNC(=O)c2ccccc2)ccc1OC(=O)c1cc(OC)c(OC)c(OC)c1. The number of hydrogen-bond donors (Lipinski definition) is 2. The number of rotatable bonds is 16. The van der Waals surface area contributed by atoms with Crippen LogP contribution in [0.15, 0.2) is 65.8 Å². The van der Waals surface area contributed by atoms with Gasteiger partial charge in [-0.05, 0) is 67.8 Å². The van der Waals surface area contributed by atoms with E-state index < -0.39 is 5.97 Å². The van der Waals surface area contributed by atoms with E-state index in [0.29, 0.717) is 60.1 Å². The molecule has 43 heavy (non-hydrogen) atoms. The Labute approximate surface area is 251 Å². The maximum absolute atomic E-state index is 12.9. The lowest BCUT2D eigenvalue weighted by molar-refractivity contribution is -0.121. The van der Waals surface area contributed by atoms with Gasteiger partial charge in [0, 0.05) is 18.5 Å². The van der Waals surface area contributed by atoms with E-state index in [1.807, 2.05) is 25.1 Å². The molecule has 11 heteroatoms. The minimum Gasteiger partial charge on any atom is -0.493 e. The molecule has 0 atom stereocenters. The molecular weight excluding hydrogens is 554 g/mol. The molecule has 0 saturated heterocycles. The third kappa shape index (κ3) is 9.77. The second-order valence-corrected chi connectivity index (χ2v) is 9.17. The maximum Gasteiger partial charge on any atom is 0.343 e. The fraction of sp³-hybridized carbons (Fsp3) is 0.312. The molecule has 0 spiro atoms. The number of methoxy groups -OCH3 is 3. The number of benzene rings is 3. The van der Waals surface area contributed by atoms with E-state index in [4.69, 9.17) is 23.7 Å². The van der Waals surface area contributed by atoms with Crippen LogP contribution in [-0.4, -0.2) is 58.5 Å². The standard InChI is InChI=1S/C32H37N3O8/c1-5-42-26-18-22(15-16-25(26)43-32(38)24-19-27(39-2)30(41-4)28(20-24)40-3)21-34-35-29(36)14-10-7-11-17-33-31(37)23-12-8-6-9-13-23/h6,8-9,12-13,15-16,18-21H,5,7,10-11,14,17H2,1-4H3,(H,33,37)(H,35,36)/b34-21+. The summed E-state index contributed by atoms with van der Waals surface area (Å²) >= 11 is 0. The van der Waals surface area contributed by atoms with Gasteiger partial charge in [-0.2, -0.15) is 5.10 Å². The zero-order valence-electron chi connectivity index (χ0n) is 24.8. The minimum absolute atomic E-state index is 0.107. The fourth-order valence-corrected chi connectivity index (χ4v) is 4.03. The van der Waals surface area contributed by atoms with Gasteiger partial charge in [0.2, 0.25) is 11.7 Å². The van der Waals surface area contributed by atoms with Gasteiger partial charge in [0.1, 0.15) is 0 Å². The van der Waals surface area contributed by atoms with Gasteiger partial charge in [0.05, 0.1) is 39.7 Å². The van der Waals surface area contributed by atoms with Crippen LogP contribution in [0.4, 0.5) is 0 Å². The molecule has 11 nitrogen and oxygen atoms in total. The Balaban J connectivity index is 1.49. The molecule has 0 aliphatic rings. The zero-order valence-corrected chi connectivity index (χ0v) is 24.8. The van der Waals surface area contributed by atoms with Crippen molar-refractivity contribution in [3.05, 3.63) is 77.4 Å². The van der Waals surface area contributed by atoms with Gasteiger partial charge in [0.25, 0.3) is 5.91 Å². The molecule has 0 bridgehead atoms. The highest BCUT2D eigenvalue weighted by Crippen LogP contribution is 2.39. The van der Waals surface area contributed by atoms with Crippen molar-refractivity contribution in [3.63, 3.8) is 0 Å². The summed E-state index contributed by atoms with van der Waals surface area (Å²) in [5, 5.41) is 6.90. The first-order valence-corrected chi connectivity index (χ1v) is 13.8. The number of hydrazone groups is 1. The number of ether oxygens (including phenoxy) is 5. The number of carbonyl (C=O) groups is 3. The predicted octanol–water partition coefficient (Wildman–Crippen LogP) is 4.77. The third-order valence-corrected chi connectivity index (χ3v) is 6.18. The second-order valence-electron chi connectivity index (χ2n) is 9.17. The molecule has 3 aromatic rings. The van der Waals surface area contributed by atoms with Crippen LogP contribution in [-0.2, 0) is 4.79 Å². The average Bonchev–Trinajstić information content (AvgIpc) is 3.03. The highest BCUT2D eigenvalue weighted by atomic mass is 16.6. The molecular formula is C32H37N3O8. The van der Waals surface area contributed by atoms with Crippen LogP contribution in [0, 0.1) is 0 Å². The summed E-state index contributed by atoms with van der Waals surface area (Å²) in [7, 11) is 4.39. The number of nitrogens with one attached hydrogen (secondary N) is 2. The molecule has 3 aromatic carbocycles. The van der Waals surface area contributed by atoms with Crippen molar-refractivity contribution in [2.75, 3.05) is 34.5 Å². The third-order valence-electron chi connectivity index (χ3n) is 6.18. The summed E-state index contributed by atoms with van der Waals surface area (Å²) in [6, 6.07) is 16.9. The Kier molecular flexibility index (Phi) is 12.8. The molecule has 0 heterocycles. The van der Waals surface area contributed by atoms with E-state index in [1.54, 1.807) is 30.3 Å². The topological polar surface area (TPSA) is 134 Å². The van der Waals surface area contributed by atoms with Gasteiger partial charge in [-0.3, -0.25) is 9.59 Å². The molecule has 0 aliphatic carbocycles. The van der Waals surface area contributed by atoms with Crippen molar-refractivity contribution in [1.29, 1.82) is 0 Å². The minimum atomic E-state index is -0.646. The number of unbranched alkanes of at least 4 members (excludes halogenated alkanes) is 2. The van der Waals surface area contributed by atoms with Crippen LogP contribution >= 0.6 is 0 Å². The van der Waals surface area contributed by atoms with Gasteiger partial charge in [0.15, 0.2) is 23.0 Å². The van der Waals surface area contributed by atoms with E-state index in [1.165, 1.54) is 39.7 Å². The van der Waals surface area contributed by atoms with Crippen molar-refractivity contribution in [2.24, 2.45) is 5.10 Å². The molecule has 2 N–H and O–H groups in total. The highest BCUT2D eigenvalue weighted by molar-refractivity contribution is 5.94. The molecule has 3 rings (SSSR count). The largest absolute Gasteiger partial charge is 0.493 e. The average molecular weight is 592 g/mol. The zero-order chi connectivity index (χ0) is 31.0. The first-order chi connectivity index (χ1) is 20.9. The fourth-order valence-electron chi connectivity index (χ4n) is 4.03. The monoisotopic (exact) mass is 591 g/mol. The molecule has 2 amide bonds. The summed E-state index contributed by atoms with van der Waals surface area (Å²) in [6.07, 6.45) is 4.02. The lowest BCUT2D eigenvalue weighted by atomic mass is 10.1. The molecule has 0 aromatic heterocycles. The quantitative estimate of drug-likeness (QED) is 0.0800. The van der Waals surface area contributed by atoms with Crippen LogP contribution in [0.3, 0.4) is 0 Å². The number of amides is 2. The number of hydrogen-bond acceptors (Lipinski definition) is 9. The Hall–Kier alpha value is -5.06. The Morgan fingerprint density at radius 3 is 2.16 bits per heavy atom. The molecule has 0 saturated carbocycles. The smallest absolute Gasteiger partial charge is 0.343 e. The van der Waals surface area contributed by atoms with E-state index >= 15 is 0 Å². The Morgan fingerprint density at radius 1 is 0.791 bits per heavy atom. The van der Waals surface area contributed by atoms with E-state index in [0.717, 1.165) is 12.8 Å². The molecule has 228 valence electrons.